The first kappa shape index (κ1) is 17.2. The molecule has 1 spiro atoms. The van der Waals surface area contributed by atoms with E-state index in [0.717, 1.165) is 11.3 Å². The highest BCUT2D eigenvalue weighted by Gasteiger charge is 2.58. The standard InChI is InChI=1S/C22H19NO4/c1-14(24)20-15(2)27-19(25)12-22(20)17-10-6-7-11-18(17)23(21(22)26)13-16-8-4-3-5-9-16/h3-11H,12-13H2,1-2H3. The zero-order valence-corrected chi connectivity index (χ0v) is 15.2. The Morgan fingerprint density at radius 3 is 2.44 bits per heavy atom. The summed E-state index contributed by atoms with van der Waals surface area (Å²) in [5, 5.41) is 0. The van der Waals surface area contributed by atoms with Gasteiger partial charge in [0, 0.05) is 5.69 Å². The van der Waals surface area contributed by atoms with Crippen LogP contribution in [0, 0.1) is 0 Å². The van der Waals surface area contributed by atoms with Crippen LogP contribution in [-0.4, -0.2) is 17.7 Å². The third-order valence-electron chi connectivity index (χ3n) is 5.26. The van der Waals surface area contributed by atoms with Gasteiger partial charge in [-0.15, -0.1) is 0 Å². The third kappa shape index (κ3) is 2.50. The van der Waals surface area contributed by atoms with E-state index in [1.165, 1.54) is 6.92 Å². The quantitative estimate of drug-likeness (QED) is 0.787. The fourth-order valence-corrected chi connectivity index (χ4v) is 4.27. The number of benzene rings is 2. The molecule has 27 heavy (non-hydrogen) atoms. The summed E-state index contributed by atoms with van der Waals surface area (Å²) in [5.41, 5.74) is 1.35. The van der Waals surface area contributed by atoms with Gasteiger partial charge in [0.15, 0.2) is 5.78 Å². The van der Waals surface area contributed by atoms with Crippen LogP contribution in [0.1, 0.15) is 31.4 Å². The number of Topliss-reactive ketones (excluding diaryl/α,β-unsaturated/α-hetero) is 1. The minimum Gasteiger partial charge on any atom is -0.431 e. The molecule has 0 radical (unpaired) electrons. The molecule has 5 heteroatoms. The van der Waals surface area contributed by atoms with Crippen molar-refractivity contribution < 1.29 is 19.1 Å². The molecule has 1 amide bonds. The van der Waals surface area contributed by atoms with Gasteiger partial charge < -0.3 is 9.64 Å². The summed E-state index contributed by atoms with van der Waals surface area (Å²) in [4.78, 5) is 40.1. The number of esters is 1. The van der Waals surface area contributed by atoms with Crippen LogP contribution in [0.15, 0.2) is 65.9 Å². The second-order valence-corrected chi connectivity index (χ2v) is 6.94. The second kappa shape index (κ2) is 6.20. The number of para-hydroxylation sites is 1. The minimum atomic E-state index is -1.31. The third-order valence-corrected chi connectivity index (χ3v) is 5.26. The Balaban J connectivity index is 1.92. The number of hydrogen-bond acceptors (Lipinski definition) is 4. The Hall–Kier alpha value is -3.21. The molecule has 0 aromatic heterocycles. The van der Waals surface area contributed by atoms with Crippen LogP contribution in [0.3, 0.4) is 0 Å². The molecule has 2 aromatic carbocycles. The van der Waals surface area contributed by atoms with Crippen LogP contribution in [0.5, 0.6) is 0 Å². The van der Waals surface area contributed by atoms with Crippen molar-refractivity contribution in [2.45, 2.75) is 32.2 Å². The van der Waals surface area contributed by atoms with E-state index >= 15 is 0 Å². The normalized spacial score (nSPS) is 21.5. The number of fused-ring (bicyclic) bond motifs is 2. The summed E-state index contributed by atoms with van der Waals surface area (Å²) >= 11 is 0. The van der Waals surface area contributed by atoms with Crippen molar-refractivity contribution in [3.63, 3.8) is 0 Å². The van der Waals surface area contributed by atoms with Crippen molar-refractivity contribution >= 4 is 23.3 Å². The van der Waals surface area contributed by atoms with Gasteiger partial charge in [0.1, 0.15) is 11.2 Å². The first-order chi connectivity index (χ1) is 12.9. The van der Waals surface area contributed by atoms with Crippen molar-refractivity contribution in [3.8, 4) is 0 Å². The number of carbonyl (C=O) groups is 3. The van der Waals surface area contributed by atoms with Gasteiger partial charge >= 0.3 is 5.97 Å². The van der Waals surface area contributed by atoms with E-state index in [0.29, 0.717) is 12.1 Å². The minimum absolute atomic E-state index is 0.166. The van der Waals surface area contributed by atoms with Gasteiger partial charge in [0.05, 0.1) is 18.5 Å². The topological polar surface area (TPSA) is 63.7 Å². The zero-order valence-electron chi connectivity index (χ0n) is 15.2. The van der Waals surface area contributed by atoms with Gasteiger partial charge in [-0.2, -0.15) is 0 Å². The van der Waals surface area contributed by atoms with Crippen LogP contribution < -0.4 is 4.90 Å². The fourth-order valence-electron chi connectivity index (χ4n) is 4.27. The molecular formula is C22H19NO4. The van der Waals surface area contributed by atoms with E-state index < -0.39 is 11.4 Å². The number of ether oxygens (including phenoxy) is 1. The SMILES string of the molecule is CC(=O)C1=C(C)OC(=O)CC12C(=O)N(Cc1ccccc1)c1ccccc12. The maximum atomic E-state index is 13.7. The highest BCUT2D eigenvalue weighted by molar-refractivity contribution is 6.18. The highest BCUT2D eigenvalue weighted by Crippen LogP contribution is 2.51. The van der Waals surface area contributed by atoms with Gasteiger partial charge in [0.25, 0.3) is 0 Å². The maximum absolute atomic E-state index is 13.7. The van der Waals surface area contributed by atoms with E-state index in [1.807, 2.05) is 54.6 Å². The summed E-state index contributed by atoms with van der Waals surface area (Å²) in [6.07, 6.45) is -0.166. The zero-order chi connectivity index (χ0) is 19.2. The molecule has 4 rings (SSSR count). The molecule has 2 aliphatic heterocycles. The molecule has 0 saturated heterocycles. The number of cyclic esters (lactones) is 1. The number of allylic oxidation sites excluding steroid dienone is 1. The molecular weight excluding hydrogens is 342 g/mol. The molecule has 1 unspecified atom stereocenters. The number of ketones is 1. The predicted molar refractivity (Wildman–Crippen MR) is 99.8 cm³/mol. The Labute approximate surface area is 157 Å². The van der Waals surface area contributed by atoms with Gasteiger partial charge in [-0.3, -0.25) is 14.4 Å². The fraction of sp³-hybridized carbons (Fsp3) is 0.227. The Kier molecular flexibility index (Phi) is 3.95. The lowest BCUT2D eigenvalue weighted by Gasteiger charge is -2.34. The van der Waals surface area contributed by atoms with E-state index in [2.05, 4.69) is 0 Å². The maximum Gasteiger partial charge on any atom is 0.312 e. The van der Waals surface area contributed by atoms with E-state index in [4.69, 9.17) is 4.74 Å². The number of carbonyl (C=O) groups excluding carboxylic acids is 3. The second-order valence-electron chi connectivity index (χ2n) is 6.94. The number of rotatable bonds is 3. The number of anilines is 1. The van der Waals surface area contributed by atoms with Gasteiger partial charge in [-0.25, -0.2) is 0 Å². The van der Waals surface area contributed by atoms with Crippen LogP contribution in [-0.2, 0) is 31.1 Å². The number of nitrogens with zero attached hydrogens (tertiary/aromatic N) is 1. The lowest BCUT2D eigenvalue weighted by molar-refractivity contribution is -0.145. The Bertz CT molecular complexity index is 992. The average Bonchev–Trinajstić information content (AvgIpc) is 2.85. The lowest BCUT2D eigenvalue weighted by atomic mass is 9.69. The smallest absolute Gasteiger partial charge is 0.312 e. The van der Waals surface area contributed by atoms with Crippen LogP contribution in [0.25, 0.3) is 0 Å². The molecule has 5 nitrogen and oxygen atoms in total. The van der Waals surface area contributed by atoms with Crippen LogP contribution >= 0.6 is 0 Å². The molecule has 0 saturated carbocycles. The summed E-state index contributed by atoms with van der Waals surface area (Å²) in [5.74, 6) is -0.802. The molecule has 0 aliphatic carbocycles. The van der Waals surface area contributed by atoms with Gasteiger partial charge in [0.2, 0.25) is 5.91 Å². The number of amides is 1. The predicted octanol–water partition coefficient (Wildman–Crippen LogP) is 3.28. The molecule has 2 aliphatic rings. The Morgan fingerprint density at radius 2 is 1.74 bits per heavy atom. The molecule has 2 heterocycles. The van der Waals surface area contributed by atoms with Crippen molar-refractivity contribution in [2.24, 2.45) is 0 Å². The lowest BCUT2D eigenvalue weighted by Crippen LogP contribution is -2.47. The molecule has 0 fully saturated rings. The summed E-state index contributed by atoms with van der Waals surface area (Å²) in [6, 6.07) is 17.0. The van der Waals surface area contributed by atoms with Crippen molar-refractivity contribution in [1.29, 1.82) is 0 Å². The van der Waals surface area contributed by atoms with Gasteiger partial charge in [-0.05, 0) is 31.0 Å². The number of hydrogen-bond donors (Lipinski definition) is 0. The molecule has 136 valence electrons. The largest absolute Gasteiger partial charge is 0.431 e. The van der Waals surface area contributed by atoms with Crippen molar-refractivity contribution in [3.05, 3.63) is 77.1 Å². The summed E-state index contributed by atoms with van der Waals surface area (Å²) < 4.78 is 5.21. The van der Waals surface area contributed by atoms with Crippen LogP contribution in [0.2, 0.25) is 0 Å². The highest BCUT2D eigenvalue weighted by atomic mass is 16.5. The molecule has 2 aromatic rings. The molecule has 0 bridgehead atoms. The first-order valence-corrected chi connectivity index (χ1v) is 8.83. The first-order valence-electron chi connectivity index (χ1n) is 8.83. The van der Waals surface area contributed by atoms with E-state index in [-0.39, 0.29) is 29.4 Å². The van der Waals surface area contributed by atoms with Crippen molar-refractivity contribution in [2.75, 3.05) is 4.90 Å². The average molecular weight is 361 g/mol. The van der Waals surface area contributed by atoms with Crippen LogP contribution in [0.4, 0.5) is 5.69 Å². The Morgan fingerprint density at radius 1 is 1.07 bits per heavy atom. The molecule has 0 N–H and O–H groups in total. The summed E-state index contributed by atoms with van der Waals surface area (Å²) in [7, 11) is 0. The molecule has 1 atom stereocenters. The van der Waals surface area contributed by atoms with E-state index in [1.54, 1.807) is 11.8 Å². The van der Waals surface area contributed by atoms with Gasteiger partial charge in [-0.1, -0.05) is 48.5 Å². The summed E-state index contributed by atoms with van der Waals surface area (Å²) in [6.45, 7) is 3.36. The van der Waals surface area contributed by atoms with E-state index in [9.17, 15) is 14.4 Å². The monoisotopic (exact) mass is 361 g/mol. The van der Waals surface area contributed by atoms with Crippen molar-refractivity contribution in [1.82, 2.24) is 0 Å².